The lowest BCUT2D eigenvalue weighted by Crippen LogP contribution is -2.39. The number of benzene rings is 1. The Morgan fingerprint density at radius 3 is 2.48 bits per heavy atom. The van der Waals surface area contributed by atoms with Crippen LogP contribution in [0.1, 0.15) is 42.5 Å². The van der Waals surface area contributed by atoms with E-state index in [9.17, 15) is 9.59 Å². The predicted octanol–water partition coefficient (Wildman–Crippen LogP) is 2.46. The molecule has 0 bridgehead atoms. The van der Waals surface area contributed by atoms with Gasteiger partial charge in [-0.05, 0) is 49.3 Å². The highest BCUT2D eigenvalue weighted by Gasteiger charge is 2.21. The molecule has 1 aliphatic carbocycles. The standard InChI is InChI=1S/C18H25N3O3S/c1-24-12-11-19-16(22)14-7-9-15(10-8-14)20-18(25)21-17(23)13-5-3-2-4-6-13/h7-10,13H,2-6,11-12H2,1H3,(H,19,22)(H2,20,21,23,25). The minimum absolute atomic E-state index is 0.00802. The number of hydrogen-bond donors (Lipinski definition) is 3. The van der Waals surface area contributed by atoms with E-state index < -0.39 is 0 Å². The van der Waals surface area contributed by atoms with Gasteiger partial charge in [0.15, 0.2) is 5.11 Å². The summed E-state index contributed by atoms with van der Waals surface area (Å²) in [6.45, 7) is 0.937. The van der Waals surface area contributed by atoms with Gasteiger partial charge in [0.25, 0.3) is 5.91 Å². The van der Waals surface area contributed by atoms with Gasteiger partial charge in [-0.3, -0.25) is 9.59 Å². The van der Waals surface area contributed by atoms with E-state index in [4.69, 9.17) is 17.0 Å². The second-order valence-corrected chi connectivity index (χ2v) is 6.51. The number of carbonyl (C=O) groups is 2. The number of hydrogen-bond acceptors (Lipinski definition) is 4. The number of ether oxygens (including phenoxy) is 1. The van der Waals surface area contributed by atoms with Crippen LogP contribution in [0.3, 0.4) is 0 Å². The van der Waals surface area contributed by atoms with E-state index in [2.05, 4.69) is 16.0 Å². The van der Waals surface area contributed by atoms with Crippen molar-refractivity contribution in [2.45, 2.75) is 32.1 Å². The van der Waals surface area contributed by atoms with Crippen molar-refractivity contribution < 1.29 is 14.3 Å². The molecular formula is C18H25N3O3S. The normalized spacial score (nSPS) is 14.6. The van der Waals surface area contributed by atoms with Crippen molar-refractivity contribution in [2.75, 3.05) is 25.6 Å². The molecule has 0 saturated heterocycles. The first-order chi connectivity index (χ1) is 12.1. The number of rotatable bonds is 6. The Labute approximate surface area is 153 Å². The van der Waals surface area contributed by atoms with Crippen molar-refractivity contribution in [1.29, 1.82) is 0 Å². The smallest absolute Gasteiger partial charge is 0.251 e. The number of thiocarbonyl (C=S) groups is 1. The van der Waals surface area contributed by atoms with Crippen molar-refractivity contribution in [3.63, 3.8) is 0 Å². The Kier molecular flexibility index (Phi) is 7.81. The molecule has 7 heteroatoms. The first-order valence-electron chi connectivity index (χ1n) is 8.59. The summed E-state index contributed by atoms with van der Waals surface area (Å²) in [5, 5.41) is 8.78. The molecule has 0 radical (unpaired) electrons. The third kappa shape index (κ3) is 6.43. The molecule has 2 rings (SSSR count). The molecule has 0 heterocycles. The molecule has 1 fully saturated rings. The van der Waals surface area contributed by atoms with Gasteiger partial charge in [0.05, 0.1) is 6.61 Å². The molecule has 0 unspecified atom stereocenters. The van der Waals surface area contributed by atoms with E-state index in [1.165, 1.54) is 6.42 Å². The molecule has 1 saturated carbocycles. The zero-order valence-electron chi connectivity index (χ0n) is 14.5. The highest BCUT2D eigenvalue weighted by atomic mass is 32.1. The van der Waals surface area contributed by atoms with Crippen molar-refractivity contribution in [2.24, 2.45) is 5.92 Å². The Morgan fingerprint density at radius 2 is 1.84 bits per heavy atom. The molecule has 0 spiro atoms. The lowest BCUT2D eigenvalue weighted by Gasteiger charge is -2.21. The second-order valence-electron chi connectivity index (χ2n) is 6.10. The van der Waals surface area contributed by atoms with Crippen LogP contribution in [0.5, 0.6) is 0 Å². The number of methoxy groups -OCH3 is 1. The van der Waals surface area contributed by atoms with Crippen molar-refractivity contribution in [3.05, 3.63) is 29.8 Å². The maximum absolute atomic E-state index is 12.2. The second kappa shape index (κ2) is 10.1. The highest BCUT2D eigenvalue weighted by Crippen LogP contribution is 2.23. The summed E-state index contributed by atoms with van der Waals surface area (Å²) in [5.41, 5.74) is 1.28. The summed E-state index contributed by atoms with van der Waals surface area (Å²) in [4.78, 5) is 24.1. The summed E-state index contributed by atoms with van der Waals surface area (Å²) < 4.78 is 4.89. The van der Waals surface area contributed by atoms with Crippen molar-refractivity contribution in [1.82, 2.24) is 10.6 Å². The molecule has 1 aromatic carbocycles. The lowest BCUT2D eigenvalue weighted by molar-refractivity contribution is -0.124. The maximum Gasteiger partial charge on any atom is 0.251 e. The summed E-state index contributed by atoms with van der Waals surface area (Å²) in [7, 11) is 1.59. The fourth-order valence-electron chi connectivity index (χ4n) is 2.81. The van der Waals surface area contributed by atoms with Gasteiger partial charge < -0.3 is 20.7 Å². The molecular weight excluding hydrogens is 338 g/mol. The van der Waals surface area contributed by atoms with Gasteiger partial charge >= 0.3 is 0 Å². The van der Waals surface area contributed by atoms with E-state index >= 15 is 0 Å². The van der Waals surface area contributed by atoms with Gasteiger partial charge in [-0.25, -0.2) is 0 Å². The Bertz CT molecular complexity index is 598. The Hall–Kier alpha value is -1.99. The largest absolute Gasteiger partial charge is 0.383 e. The molecule has 136 valence electrons. The summed E-state index contributed by atoms with van der Waals surface area (Å²) in [6.07, 6.45) is 5.28. The van der Waals surface area contributed by atoms with Gasteiger partial charge in [0, 0.05) is 30.8 Å². The van der Waals surface area contributed by atoms with Crippen LogP contribution < -0.4 is 16.0 Å². The summed E-state index contributed by atoms with van der Waals surface area (Å²) in [5.74, 6) is -0.102. The Morgan fingerprint density at radius 1 is 1.16 bits per heavy atom. The summed E-state index contributed by atoms with van der Waals surface area (Å²) in [6, 6.07) is 6.92. The van der Waals surface area contributed by atoms with Crippen LogP contribution in [0, 0.1) is 5.92 Å². The first-order valence-corrected chi connectivity index (χ1v) is 9.00. The van der Waals surface area contributed by atoms with Crippen LogP contribution in [0.15, 0.2) is 24.3 Å². The van der Waals surface area contributed by atoms with Gasteiger partial charge in [-0.2, -0.15) is 0 Å². The molecule has 25 heavy (non-hydrogen) atoms. The quantitative estimate of drug-likeness (QED) is 0.534. The third-order valence-corrected chi connectivity index (χ3v) is 4.41. The van der Waals surface area contributed by atoms with Crippen LogP contribution in [-0.2, 0) is 9.53 Å². The average molecular weight is 363 g/mol. The maximum atomic E-state index is 12.2. The molecule has 0 aromatic heterocycles. The molecule has 3 N–H and O–H groups in total. The Balaban J connectivity index is 1.80. The van der Waals surface area contributed by atoms with Gasteiger partial charge in [-0.15, -0.1) is 0 Å². The van der Waals surface area contributed by atoms with Crippen LogP contribution >= 0.6 is 12.2 Å². The van der Waals surface area contributed by atoms with Crippen LogP contribution in [0.4, 0.5) is 5.69 Å². The zero-order valence-corrected chi connectivity index (χ0v) is 15.3. The van der Waals surface area contributed by atoms with E-state index in [0.717, 1.165) is 31.4 Å². The fourth-order valence-corrected chi connectivity index (χ4v) is 3.03. The third-order valence-electron chi connectivity index (χ3n) is 4.21. The zero-order chi connectivity index (χ0) is 18.1. The lowest BCUT2D eigenvalue weighted by atomic mass is 9.89. The van der Waals surface area contributed by atoms with Crippen LogP contribution in [0.2, 0.25) is 0 Å². The van der Waals surface area contributed by atoms with Crippen molar-refractivity contribution >= 4 is 34.8 Å². The van der Waals surface area contributed by atoms with Crippen molar-refractivity contribution in [3.8, 4) is 0 Å². The van der Waals surface area contributed by atoms with Gasteiger partial charge in [0.2, 0.25) is 5.91 Å². The molecule has 0 atom stereocenters. The number of carbonyl (C=O) groups excluding carboxylic acids is 2. The van der Waals surface area contributed by atoms with E-state index in [-0.39, 0.29) is 22.8 Å². The summed E-state index contributed by atoms with van der Waals surface area (Å²) >= 11 is 5.20. The molecule has 1 aliphatic rings. The molecule has 0 aliphatic heterocycles. The topological polar surface area (TPSA) is 79.5 Å². The van der Waals surface area contributed by atoms with Crippen LogP contribution in [-0.4, -0.2) is 37.2 Å². The van der Waals surface area contributed by atoms with Crippen LogP contribution in [0.25, 0.3) is 0 Å². The van der Waals surface area contributed by atoms with Gasteiger partial charge in [0.1, 0.15) is 0 Å². The minimum atomic E-state index is -0.156. The van der Waals surface area contributed by atoms with Gasteiger partial charge in [-0.1, -0.05) is 19.3 Å². The highest BCUT2D eigenvalue weighted by molar-refractivity contribution is 7.80. The number of anilines is 1. The average Bonchev–Trinajstić information content (AvgIpc) is 2.63. The minimum Gasteiger partial charge on any atom is -0.383 e. The molecule has 6 nitrogen and oxygen atoms in total. The van der Waals surface area contributed by atoms with E-state index in [1.54, 1.807) is 31.4 Å². The SMILES string of the molecule is COCCNC(=O)c1ccc(NC(=S)NC(=O)C2CCCCC2)cc1. The van der Waals surface area contributed by atoms with E-state index in [1.807, 2.05) is 0 Å². The predicted molar refractivity (Wildman–Crippen MR) is 102 cm³/mol. The molecule has 1 aromatic rings. The van der Waals surface area contributed by atoms with E-state index in [0.29, 0.717) is 18.7 Å². The fraction of sp³-hybridized carbons (Fsp3) is 0.500. The number of nitrogens with one attached hydrogen (secondary N) is 3. The number of amides is 2. The molecule has 2 amide bonds. The monoisotopic (exact) mass is 363 g/mol. The first kappa shape index (κ1) is 19.3.